The number of nitrogens with one attached hydrogen (secondary N) is 1. The molecule has 1 atom stereocenters. The van der Waals surface area contributed by atoms with Gasteiger partial charge in [-0.3, -0.25) is 14.4 Å². The van der Waals surface area contributed by atoms with Gasteiger partial charge in [-0.1, -0.05) is 0 Å². The highest BCUT2D eigenvalue weighted by molar-refractivity contribution is 7.13. The van der Waals surface area contributed by atoms with Crippen LogP contribution in [-0.2, 0) is 22.5 Å². The molecule has 1 saturated heterocycles. The van der Waals surface area contributed by atoms with E-state index >= 15 is 0 Å². The van der Waals surface area contributed by atoms with E-state index in [9.17, 15) is 14.4 Å². The van der Waals surface area contributed by atoms with Gasteiger partial charge in [-0.15, -0.1) is 11.3 Å². The van der Waals surface area contributed by atoms with Gasteiger partial charge in [0, 0.05) is 31.5 Å². The number of aromatic amines is 1. The van der Waals surface area contributed by atoms with Gasteiger partial charge in [0.05, 0.1) is 28.7 Å². The van der Waals surface area contributed by atoms with Crippen LogP contribution in [0.2, 0.25) is 0 Å². The minimum atomic E-state index is -0.232. The normalized spacial score (nSPS) is 18.8. The summed E-state index contributed by atoms with van der Waals surface area (Å²) in [6.07, 6.45) is 2.16. The largest absolute Gasteiger partial charge is 0.375 e. The van der Waals surface area contributed by atoms with Gasteiger partial charge >= 0.3 is 0 Å². The lowest BCUT2D eigenvalue weighted by Gasteiger charge is -2.29. The van der Waals surface area contributed by atoms with Gasteiger partial charge in [-0.25, -0.2) is 4.98 Å². The minimum Gasteiger partial charge on any atom is -0.375 e. The quantitative estimate of drug-likeness (QED) is 0.818. The van der Waals surface area contributed by atoms with Crippen LogP contribution < -0.4 is 5.56 Å². The number of hydrogen-bond donors (Lipinski definition) is 1. The average Bonchev–Trinajstić information content (AvgIpc) is 3.36. The van der Waals surface area contributed by atoms with Gasteiger partial charge in [0.1, 0.15) is 12.4 Å². The van der Waals surface area contributed by atoms with Crippen molar-refractivity contribution in [3.8, 4) is 0 Å². The summed E-state index contributed by atoms with van der Waals surface area (Å²) in [5, 5.41) is 0. The molecule has 4 rings (SSSR count). The maximum Gasteiger partial charge on any atom is 0.264 e. The molecule has 2 aromatic heterocycles. The van der Waals surface area contributed by atoms with E-state index in [0.717, 1.165) is 23.4 Å². The number of amides is 2. The van der Waals surface area contributed by atoms with Gasteiger partial charge < -0.3 is 19.5 Å². The first-order valence-corrected chi connectivity index (χ1v) is 10.6. The van der Waals surface area contributed by atoms with E-state index in [1.54, 1.807) is 9.80 Å². The Morgan fingerprint density at radius 3 is 2.90 bits per heavy atom. The third-order valence-electron chi connectivity index (χ3n) is 5.48. The second-order valence-electron chi connectivity index (χ2n) is 7.44. The van der Waals surface area contributed by atoms with Crippen LogP contribution in [0.4, 0.5) is 0 Å². The smallest absolute Gasteiger partial charge is 0.264 e. The molecule has 1 N–H and O–H groups in total. The molecule has 0 spiro atoms. The molecule has 0 saturated carbocycles. The molecular formula is C20H24N4O4S. The number of H-pyrrole nitrogens is 1. The molecule has 154 valence electrons. The van der Waals surface area contributed by atoms with Gasteiger partial charge in [-0.2, -0.15) is 0 Å². The summed E-state index contributed by atoms with van der Waals surface area (Å²) in [6, 6.07) is 3.52. The summed E-state index contributed by atoms with van der Waals surface area (Å²) in [4.78, 5) is 50.6. The van der Waals surface area contributed by atoms with E-state index in [4.69, 9.17) is 9.72 Å². The fourth-order valence-electron chi connectivity index (χ4n) is 4.04. The predicted octanol–water partition coefficient (Wildman–Crippen LogP) is 1.65. The molecule has 2 amide bonds. The van der Waals surface area contributed by atoms with E-state index in [1.165, 1.54) is 18.4 Å². The van der Waals surface area contributed by atoms with Crippen molar-refractivity contribution < 1.29 is 14.3 Å². The number of aromatic nitrogens is 2. The van der Waals surface area contributed by atoms with Crippen molar-refractivity contribution in [2.75, 3.05) is 26.8 Å². The van der Waals surface area contributed by atoms with Crippen molar-refractivity contribution in [2.45, 2.75) is 38.8 Å². The van der Waals surface area contributed by atoms with Crippen LogP contribution in [0.3, 0.4) is 0 Å². The Hall–Kier alpha value is -2.52. The Bertz CT molecular complexity index is 999. The zero-order chi connectivity index (χ0) is 20.5. The van der Waals surface area contributed by atoms with Crippen molar-refractivity contribution in [1.29, 1.82) is 0 Å². The highest BCUT2D eigenvalue weighted by Crippen LogP contribution is 2.30. The fourth-order valence-corrected chi connectivity index (χ4v) is 4.87. The standard InChI is InChI=1S/C20H24N4O4S/c1-12-5-6-16(29-12)20(27)23-9-7-14-13(10-23)19(26)22-18(21-14)15-4-3-8-24(15)17(25)11-28-2/h5-6,15H,3-4,7-11H2,1-2H3,(H,21,22,26)/t15-/m1/s1. The summed E-state index contributed by atoms with van der Waals surface area (Å²) < 4.78 is 4.97. The van der Waals surface area contributed by atoms with Crippen LogP contribution in [0, 0.1) is 6.92 Å². The molecule has 1 fully saturated rings. The van der Waals surface area contributed by atoms with Crippen LogP contribution in [0.15, 0.2) is 16.9 Å². The van der Waals surface area contributed by atoms with Crippen molar-refractivity contribution in [1.82, 2.24) is 19.8 Å². The number of likely N-dealkylation sites (tertiary alicyclic amines) is 1. The summed E-state index contributed by atoms with van der Waals surface area (Å²) >= 11 is 1.46. The summed E-state index contributed by atoms with van der Waals surface area (Å²) in [6.45, 7) is 3.40. The second kappa shape index (κ2) is 8.08. The number of rotatable bonds is 4. The lowest BCUT2D eigenvalue weighted by Crippen LogP contribution is -2.40. The number of carbonyl (C=O) groups is 2. The predicted molar refractivity (Wildman–Crippen MR) is 108 cm³/mol. The molecule has 4 heterocycles. The summed E-state index contributed by atoms with van der Waals surface area (Å²) in [5.41, 5.74) is 1.03. The molecule has 0 aromatic carbocycles. The Balaban J connectivity index is 1.56. The molecule has 0 unspecified atom stereocenters. The van der Waals surface area contributed by atoms with Crippen LogP contribution in [0.1, 0.15) is 50.5 Å². The molecule has 0 bridgehead atoms. The Morgan fingerprint density at radius 2 is 2.17 bits per heavy atom. The topological polar surface area (TPSA) is 95.6 Å². The van der Waals surface area contributed by atoms with E-state index < -0.39 is 0 Å². The molecule has 2 aromatic rings. The number of nitrogens with zero attached hydrogens (tertiary/aromatic N) is 3. The lowest BCUT2D eigenvalue weighted by molar-refractivity contribution is -0.136. The minimum absolute atomic E-state index is 0.0188. The first kappa shape index (κ1) is 19.8. The number of methoxy groups -OCH3 is 1. The Labute approximate surface area is 172 Å². The van der Waals surface area contributed by atoms with Gasteiger partial charge in [0.25, 0.3) is 11.5 Å². The highest BCUT2D eigenvalue weighted by Gasteiger charge is 2.33. The molecule has 29 heavy (non-hydrogen) atoms. The zero-order valence-electron chi connectivity index (χ0n) is 16.6. The molecule has 0 aliphatic carbocycles. The molecule has 9 heteroatoms. The van der Waals surface area contributed by atoms with Crippen molar-refractivity contribution in [2.24, 2.45) is 0 Å². The number of thiophene rings is 1. The van der Waals surface area contributed by atoms with Crippen molar-refractivity contribution in [3.63, 3.8) is 0 Å². The SMILES string of the molecule is COCC(=O)N1CCC[C@@H]1c1nc2c(c(=O)[nH]1)CN(C(=O)c1ccc(C)s1)CC2. The number of hydrogen-bond acceptors (Lipinski definition) is 6. The van der Waals surface area contributed by atoms with Crippen molar-refractivity contribution >= 4 is 23.2 Å². The van der Waals surface area contributed by atoms with E-state index in [1.807, 2.05) is 19.1 Å². The molecular weight excluding hydrogens is 392 g/mol. The van der Waals surface area contributed by atoms with Gasteiger partial charge in [0.15, 0.2) is 0 Å². The third kappa shape index (κ3) is 3.84. The first-order chi connectivity index (χ1) is 14.0. The third-order valence-corrected chi connectivity index (χ3v) is 6.47. The monoisotopic (exact) mass is 416 g/mol. The maximum absolute atomic E-state index is 12.8. The molecule has 8 nitrogen and oxygen atoms in total. The maximum atomic E-state index is 12.8. The molecule has 0 radical (unpaired) electrons. The number of ether oxygens (including phenoxy) is 1. The number of carbonyl (C=O) groups excluding carboxylic acids is 2. The molecule has 2 aliphatic heterocycles. The second-order valence-corrected chi connectivity index (χ2v) is 8.73. The van der Waals surface area contributed by atoms with Crippen LogP contribution in [0.25, 0.3) is 0 Å². The first-order valence-electron chi connectivity index (χ1n) is 9.74. The van der Waals surface area contributed by atoms with E-state index in [-0.39, 0.29) is 36.6 Å². The van der Waals surface area contributed by atoms with Crippen LogP contribution >= 0.6 is 11.3 Å². The van der Waals surface area contributed by atoms with Crippen LogP contribution in [0.5, 0.6) is 0 Å². The van der Waals surface area contributed by atoms with Gasteiger partial charge in [0.2, 0.25) is 5.91 Å². The fraction of sp³-hybridized carbons (Fsp3) is 0.500. The Morgan fingerprint density at radius 1 is 1.34 bits per heavy atom. The molecule has 2 aliphatic rings. The van der Waals surface area contributed by atoms with Gasteiger partial charge in [-0.05, 0) is 31.9 Å². The van der Waals surface area contributed by atoms with Crippen LogP contribution in [-0.4, -0.2) is 58.4 Å². The highest BCUT2D eigenvalue weighted by atomic mass is 32.1. The van der Waals surface area contributed by atoms with E-state index in [2.05, 4.69) is 4.98 Å². The summed E-state index contributed by atoms with van der Waals surface area (Å²) in [5.74, 6) is 0.382. The summed E-state index contributed by atoms with van der Waals surface area (Å²) in [7, 11) is 1.49. The average molecular weight is 417 g/mol. The van der Waals surface area contributed by atoms with Crippen molar-refractivity contribution in [3.05, 3.63) is 49.3 Å². The lowest BCUT2D eigenvalue weighted by atomic mass is 10.1. The zero-order valence-corrected chi connectivity index (χ0v) is 17.4. The Kier molecular flexibility index (Phi) is 5.51. The number of fused-ring (bicyclic) bond motifs is 1. The number of aryl methyl sites for hydroxylation is 1. The van der Waals surface area contributed by atoms with E-state index in [0.29, 0.717) is 35.8 Å².